The first kappa shape index (κ1) is 24.6. The highest BCUT2D eigenvalue weighted by atomic mass is 32.1. The summed E-state index contributed by atoms with van der Waals surface area (Å²) in [6, 6.07) is 6.76. The summed E-state index contributed by atoms with van der Waals surface area (Å²) in [5, 5.41) is 11.5. The van der Waals surface area contributed by atoms with Crippen LogP contribution in [0.3, 0.4) is 0 Å². The SMILES string of the molecule is COc1cc(-c2n[nH]c(=S)n2/N=C/c2cc(OC)c(OC(C)=O)c(OC)c2)cc(OC)c1OC. The minimum absolute atomic E-state index is 0.174. The molecule has 0 saturated carbocycles. The maximum absolute atomic E-state index is 11.4. The number of nitrogens with zero attached hydrogens (tertiary/aromatic N) is 3. The topological polar surface area (TPSA) is 118 Å². The number of carbonyl (C=O) groups excluding carboxylic acids is 1. The van der Waals surface area contributed by atoms with Gasteiger partial charge in [0.1, 0.15) is 0 Å². The number of aromatic nitrogens is 3. The van der Waals surface area contributed by atoms with Crippen LogP contribution in [0.15, 0.2) is 29.4 Å². The van der Waals surface area contributed by atoms with Crippen LogP contribution in [-0.2, 0) is 4.79 Å². The van der Waals surface area contributed by atoms with Crippen molar-refractivity contribution < 1.29 is 33.2 Å². The summed E-state index contributed by atoms with van der Waals surface area (Å²) < 4.78 is 33.8. The molecule has 3 rings (SSSR count). The van der Waals surface area contributed by atoms with Crippen molar-refractivity contribution in [3.8, 4) is 45.9 Å². The lowest BCUT2D eigenvalue weighted by molar-refractivity contribution is -0.132. The number of nitrogens with one attached hydrogen (secondary N) is 1. The number of H-pyrrole nitrogens is 1. The van der Waals surface area contributed by atoms with Crippen molar-refractivity contribution in [2.45, 2.75) is 6.92 Å². The van der Waals surface area contributed by atoms with Crippen molar-refractivity contribution in [1.29, 1.82) is 0 Å². The zero-order chi connectivity index (χ0) is 24.8. The van der Waals surface area contributed by atoms with Gasteiger partial charge in [0, 0.05) is 18.1 Å². The standard InChI is InChI=1S/C22H24N4O7S/c1-12(27)33-20-15(28-2)7-13(8-16(20)29-3)11-23-26-21(24-25-22(26)34)14-9-17(30-4)19(32-6)18(10-14)31-5/h7-11H,1-6H3,(H,25,34)/b23-11+. The van der Waals surface area contributed by atoms with Gasteiger partial charge in [0.15, 0.2) is 28.8 Å². The third-order valence-electron chi connectivity index (χ3n) is 4.62. The van der Waals surface area contributed by atoms with Crippen LogP contribution in [-0.4, -0.2) is 62.6 Å². The van der Waals surface area contributed by atoms with Crippen molar-refractivity contribution in [3.63, 3.8) is 0 Å². The van der Waals surface area contributed by atoms with E-state index < -0.39 is 5.97 Å². The zero-order valence-electron chi connectivity index (χ0n) is 19.5. The summed E-state index contributed by atoms with van der Waals surface area (Å²) in [6.45, 7) is 1.29. The molecule has 0 aliphatic heterocycles. The monoisotopic (exact) mass is 488 g/mol. The number of hydrogen-bond acceptors (Lipinski definition) is 10. The van der Waals surface area contributed by atoms with Crippen LogP contribution in [0, 0.1) is 4.77 Å². The number of rotatable bonds is 9. The van der Waals surface area contributed by atoms with Crippen LogP contribution >= 0.6 is 12.2 Å². The molecule has 180 valence electrons. The van der Waals surface area contributed by atoms with Crippen molar-refractivity contribution in [2.24, 2.45) is 5.10 Å². The van der Waals surface area contributed by atoms with E-state index in [1.54, 1.807) is 24.3 Å². The molecule has 0 amide bonds. The van der Waals surface area contributed by atoms with Gasteiger partial charge in [-0.2, -0.15) is 14.9 Å². The maximum Gasteiger partial charge on any atom is 0.308 e. The summed E-state index contributed by atoms with van der Waals surface area (Å²) in [6.07, 6.45) is 1.54. The summed E-state index contributed by atoms with van der Waals surface area (Å²) in [7, 11) is 7.48. The molecule has 2 aromatic carbocycles. The molecule has 0 atom stereocenters. The van der Waals surface area contributed by atoms with E-state index in [-0.39, 0.29) is 10.5 Å². The number of benzene rings is 2. The highest BCUT2D eigenvalue weighted by molar-refractivity contribution is 7.71. The van der Waals surface area contributed by atoms with E-state index in [4.69, 9.17) is 40.6 Å². The first-order valence-electron chi connectivity index (χ1n) is 9.83. The Morgan fingerprint density at radius 2 is 1.44 bits per heavy atom. The lowest BCUT2D eigenvalue weighted by Gasteiger charge is -2.14. The molecule has 0 spiro atoms. The predicted octanol–water partition coefficient (Wildman–Crippen LogP) is 3.46. The van der Waals surface area contributed by atoms with E-state index in [1.807, 2.05) is 0 Å². The molecule has 12 heteroatoms. The Labute approximate surface area is 200 Å². The van der Waals surface area contributed by atoms with Gasteiger partial charge < -0.3 is 28.4 Å². The highest BCUT2D eigenvalue weighted by Gasteiger charge is 2.18. The molecule has 0 unspecified atom stereocenters. The van der Waals surface area contributed by atoms with Crippen LogP contribution in [0.25, 0.3) is 11.4 Å². The molecule has 0 aliphatic rings. The molecule has 1 aromatic heterocycles. The van der Waals surface area contributed by atoms with E-state index in [2.05, 4.69) is 15.3 Å². The summed E-state index contributed by atoms with van der Waals surface area (Å²) in [5.41, 5.74) is 1.22. The second-order valence-electron chi connectivity index (χ2n) is 6.67. The Morgan fingerprint density at radius 3 is 1.91 bits per heavy atom. The fourth-order valence-electron chi connectivity index (χ4n) is 3.14. The van der Waals surface area contributed by atoms with Crippen LogP contribution < -0.4 is 28.4 Å². The van der Waals surface area contributed by atoms with Gasteiger partial charge in [0.25, 0.3) is 0 Å². The molecular formula is C22H24N4O7S. The number of aromatic amines is 1. The quantitative estimate of drug-likeness (QED) is 0.209. The van der Waals surface area contributed by atoms with Crippen molar-refractivity contribution in [2.75, 3.05) is 35.5 Å². The first-order chi connectivity index (χ1) is 16.4. The molecule has 0 fully saturated rings. The van der Waals surface area contributed by atoms with Gasteiger partial charge >= 0.3 is 5.97 Å². The van der Waals surface area contributed by atoms with E-state index in [9.17, 15) is 4.79 Å². The minimum Gasteiger partial charge on any atom is -0.493 e. The minimum atomic E-state index is -0.502. The zero-order valence-corrected chi connectivity index (χ0v) is 20.3. The summed E-state index contributed by atoms with van der Waals surface area (Å²) in [5.74, 6) is 2.05. The largest absolute Gasteiger partial charge is 0.493 e. The van der Waals surface area contributed by atoms with Crippen LogP contribution in [0.1, 0.15) is 12.5 Å². The number of esters is 1. The molecule has 1 heterocycles. The van der Waals surface area contributed by atoms with Gasteiger partial charge in [-0.3, -0.25) is 4.79 Å². The molecule has 34 heavy (non-hydrogen) atoms. The van der Waals surface area contributed by atoms with Gasteiger partial charge in [0.2, 0.25) is 16.3 Å². The molecule has 0 radical (unpaired) electrons. The number of methoxy groups -OCH3 is 5. The first-order valence-corrected chi connectivity index (χ1v) is 10.2. The summed E-state index contributed by atoms with van der Waals surface area (Å²) in [4.78, 5) is 11.4. The molecule has 0 aliphatic carbocycles. The molecule has 0 saturated heterocycles. The Bertz CT molecular complexity index is 1230. The fraction of sp³-hybridized carbons (Fsp3) is 0.273. The van der Waals surface area contributed by atoms with E-state index in [0.717, 1.165) is 0 Å². The van der Waals surface area contributed by atoms with Gasteiger partial charge in [-0.05, 0) is 36.5 Å². The molecule has 1 N–H and O–H groups in total. The normalized spacial score (nSPS) is 10.8. The molecular weight excluding hydrogens is 464 g/mol. The number of hydrogen-bond donors (Lipinski definition) is 1. The third-order valence-corrected chi connectivity index (χ3v) is 4.89. The third kappa shape index (κ3) is 4.96. The van der Waals surface area contributed by atoms with Crippen LogP contribution in [0.5, 0.6) is 34.5 Å². The maximum atomic E-state index is 11.4. The van der Waals surface area contributed by atoms with Gasteiger partial charge in [-0.25, -0.2) is 5.10 Å². The van der Waals surface area contributed by atoms with Gasteiger partial charge in [0.05, 0.1) is 41.8 Å². The van der Waals surface area contributed by atoms with Crippen LogP contribution in [0.4, 0.5) is 0 Å². The number of ether oxygens (including phenoxy) is 6. The number of carbonyl (C=O) groups is 1. The predicted molar refractivity (Wildman–Crippen MR) is 126 cm³/mol. The smallest absolute Gasteiger partial charge is 0.308 e. The average molecular weight is 489 g/mol. The Kier molecular flexibility index (Phi) is 7.74. The average Bonchev–Trinajstić information content (AvgIpc) is 3.21. The van der Waals surface area contributed by atoms with Crippen molar-refractivity contribution in [1.82, 2.24) is 14.9 Å². The molecule has 0 bridgehead atoms. The van der Waals surface area contributed by atoms with Crippen molar-refractivity contribution >= 4 is 24.4 Å². The second kappa shape index (κ2) is 10.7. The molecule has 11 nitrogen and oxygen atoms in total. The lowest BCUT2D eigenvalue weighted by atomic mass is 10.1. The van der Waals surface area contributed by atoms with Crippen molar-refractivity contribution in [3.05, 3.63) is 34.6 Å². The highest BCUT2D eigenvalue weighted by Crippen LogP contribution is 2.41. The molecule has 3 aromatic rings. The van der Waals surface area contributed by atoms with Gasteiger partial charge in [-0.1, -0.05) is 0 Å². The second-order valence-corrected chi connectivity index (χ2v) is 7.06. The lowest BCUT2D eigenvalue weighted by Crippen LogP contribution is -2.05. The van der Waals surface area contributed by atoms with E-state index in [0.29, 0.717) is 45.7 Å². The van der Waals surface area contributed by atoms with E-state index in [1.165, 1.54) is 53.4 Å². The fourth-order valence-corrected chi connectivity index (χ4v) is 3.32. The Balaban J connectivity index is 2.07. The Hall–Kier alpha value is -4.06. The Morgan fingerprint density at radius 1 is 0.912 bits per heavy atom. The summed E-state index contributed by atoms with van der Waals surface area (Å²) >= 11 is 5.36. The van der Waals surface area contributed by atoms with Crippen LogP contribution in [0.2, 0.25) is 0 Å². The van der Waals surface area contributed by atoms with E-state index >= 15 is 0 Å². The van der Waals surface area contributed by atoms with Gasteiger partial charge in [-0.15, -0.1) is 0 Å².